The van der Waals surface area contributed by atoms with Crippen LogP contribution >= 0.6 is 0 Å². The van der Waals surface area contributed by atoms with Crippen LogP contribution in [0.4, 0.5) is 0 Å². The zero-order chi connectivity index (χ0) is 15.4. The molecule has 0 N–H and O–H groups in total. The summed E-state index contributed by atoms with van der Waals surface area (Å²) < 4.78 is 0. The maximum atomic E-state index is 5.22. The summed E-state index contributed by atoms with van der Waals surface area (Å²) in [4.78, 5) is 0. The Morgan fingerprint density at radius 2 is 1.14 bits per heavy atom. The summed E-state index contributed by atoms with van der Waals surface area (Å²) in [7, 11) is 0. The van der Waals surface area contributed by atoms with Crippen molar-refractivity contribution >= 4 is 0 Å². The van der Waals surface area contributed by atoms with Crippen LogP contribution in [0.2, 0.25) is 0 Å². The summed E-state index contributed by atoms with van der Waals surface area (Å²) in [5, 5.41) is 0. The maximum absolute atomic E-state index is 5.22. The van der Waals surface area contributed by atoms with Crippen LogP contribution in [0.3, 0.4) is 0 Å². The molecule has 0 heteroatoms. The smallest absolute Gasteiger partial charge is 0.00916 e. The van der Waals surface area contributed by atoms with Crippen LogP contribution in [0.15, 0.2) is 12.2 Å². The molecule has 0 amide bonds. The summed E-state index contributed by atoms with van der Waals surface area (Å²) in [5.41, 5.74) is 0. The summed E-state index contributed by atoms with van der Waals surface area (Å²) >= 11 is 0. The number of terminal acetylenes is 2. The summed E-state index contributed by atoms with van der Waals surface area (Å²) in [6.07, 6.45) is 29.8. The number of unbranched alkanes of at least 4 members (excludes halogenated alkanes) is 11. The molecule has 21 heavy (non-hydrogen) atoms. The average Bonchev–Trinajstić information content (AvgIpc) is 2.50. The molecule has 0 spiro atoms. The zero-order valence-corrected chi connectivity index (χ0v) is 13.5. The molecule has 0 bridgehead atoms. The van der Waals surface area contributed by atoms with Crippen LogP contribution < -0.4 is 0 Å². The summed E-state index contributed by atoms with van der Waals surface area (Å²) in [5.74, 6) is 11.7. The highest BCUT2D eigenvalue weighted by atomic mass is 14.0. The molecule has 0 fully saturated rings. The molecule has 0 saturated heterocycles. The Balaban J connectivity index is 3.14. The quantitative estimate of drug-likeness (QED) is 0.309. The van der Waals surface area contributed by atoms with Gasteiger partial charge in [-0.3, -0.25) is 0 Å². The van der Waals surface area contributed by atoms with Crippen molar-refractivity contribution in [2.45, 2.75) is 83.5 Å². The number of rotatable bonds is 12. The topological polar surface area (TPSA) is 0 Å². The van der Waals surface area contributed by atoms with Crippen molar-refractivity contribution in [3.05, 3.63) is 12.2 Å². The molecular weight excluding hydrogens is 252 g/mol. The van der Waals surface area contributed by atoms with Gasteiger partial charge in [0.05, 0.1) is 0 Å². The molecule has 0 aliphatic heterocycles. The van der Waals surface area contributed by atoms with Gasteiger partial charge >= 0.3 is 0 Å². The van der Waals surface area contributed by atoms with E-state index in [2.05, 4.69) is 23.7 Å². The number of allylic oxidation sites excluding steroid dienone is 2. The van der Waals surface area contributed by atoms with Gasteiger partial charge in [-0.15, -0.1) is 30.6 Å². The van der Waals surface area contributed by atoms with E-state index in [9.17, 15) is 0 Å². The Bertz CT molecular complexity index is 375. The maximum Gasteiger partial charge on any atom is 0.00916 e. The van der Waals surface area contributed by atoms with Crippen molar-refractivity contribution in [1.82, 2.24) is 0 Å². The first-order valence-corrected chi connectivity index (χ1v) is 8.42. The van der Waals surface area contributed by atoms with E-state index in [4.69, 9.17) is 12.8 Å². The van der Waals surface area contributed by atoms with Crippen molar-refractivity contribution in [2.24, 2.45) is 0 Å². The van der Waals surface area contributed by atoms with Gasteiger partial charge in [0, 0.05) is 19.3 Å². The molecule has 0 rings (SSSR count). The molecule has 0 heterocycles. The minimum Gasteiger partial charge on any atom is -0.120 e. The van der Waals surface area contributed by atoms with Crippen molar-refractivity contribution in [2.75, 3.05) is 0 Å². The fraction of sp³-hybridized carbons (Fsp3) is 0.619. The monoisotopic (exact) mass is 282 g/mol. The van der Waals surface area contributed by atoms with Crippen LogP contribution in [0, 0.1) is 36.5 Å². The predicted octanol–water partition coefficient (Wildman–Crippen LogP) is 5.88. The van der Waals surface area contributed by atoms with Gasteiger partial charge in [-0.2, -0.15) is 0 Å². The molecule has 0 aromatic rings. The molecule has 0 aliphatic carbocycles. The second kappa shape index (κ2) is 18.4. The summed E-state index contributed by atoms with van der Waals surface area (Å²) in [6.45, 7) is 0. The highest BCUT2D eigenvalue weighted by molar-refractivity contribution is 5.08. The largest absolute Gasteiger partial charge is 0.120 e. The van der Waals surface area contributed by atoms with E-state index in [0.29, 0.717) is 0 Å². The lowest BCUT2D eigenvalue weighted by Gasteiger charge is -1.99. The molecule has 0 unspecified atom stereocenters. The predicted molar refractivity (Wildman–Crippen MR) is 94.6 cm³/mol. The third-order valence-electron chi connectivity index (χ3n) is 3.38. The Hall–Kier alpha value is -1.58. The van der Waals surface area contributed by atoms with Crippen molar-refractivity contribution in [3.63, 3.8) is 0 Å². The Kier molecular flexibility index (Phi) is 17.0. The van der Waals surface area contributed by atoms with E-state index in [1.807, 2.05) is 6.08 Å². The molecule has 0 nitrogen and oxygen atoms in total. The van der Waals surface area contributed by atoms with Gasteiger partial charge in [0.1, 0.15) is 0 Å². The molecule has 0 aromatic heterocycles. The van der Waals surface area contributed by atoms with Crippen LogP contribution in [-0.2, 0) is 0 Å². The minimum absolute atomic E-state index is 0.943. The lowest BCUT2D eigenvalue weighted by molar-refractivity contribution is 0.573. The minimum atomic E-state index is 0.943. The van der Waals surface area contributed by atoms with Gasteiger partial charge in [0.25, 0.3) is 0 Å². The normalized spacial score (nSPS) is 9.81. The molecule has 0 atom stereocenters. The van der Waals surface area contributed by atoms with Crippen LogP contribution in [0.25, 0.3) is 0 Å². The van der Waals surface area contributed by atoms with E-state index >= 15 is 0 Å². The third-order valence-corrected chi connectivity index (χ3v) is 3.38. The lowest BCUT2D eigenvalue weighted by Crippen LogP contribution is -1.81. The first kappa shape index (κ1) is 19.4. The fourth-order valence-electron chi connectivity index (χ4n) is 2.14. The standard InChI is InChI=1S/C21H30/c1-3-5-7-9-11-13-15-17-19-21-20-18-16-14-12-10-8-6-4-2/h1-2,5,7H,6,8-14,16,18-21H2/b7-5-. The van der Waals surface area contributed by atoms with E-state index in [0.717, 1.165) is 32.1 Å². The second-order valence-corrected chi connectivity index (χ2v) is 5.35. The average molecular weight is 282 g/mol. The highest BCUT2D eigenvalue weighted by Gasteiger charge is 1.91. The van der Waals surface area contributed by atoms with Gasteiger partial charge in [-0.05, 0) is 31.8 Å². The first-order chi connectivity index (χ1) is 10.4. The number of hydrogen-bond acceptors (Lipinski definition) is 0. The van der Waals surface area contributed by atoms with Crippen LogP contribution in [0.5, 0.6) is 0 Å². The number of hydrogen-bond donors (Lipinski definition) is 0. The van der Waals surface area contributed by atoms with E-state index in [1.54, 1.807) is 6.08 Å². The van der Waals surface area contributed by atoms with Gasteiger partial charge in [-0.25, -0.2) is 0 Å². The van der Waals surface area contributed by atoms with Crippen molar-refractivity contribution in [1.29, 1.82) is 0 Å². The van der Waals surface area contributed by atoms with Gasteiger partial charge in [-0.1, -0.05) is 50.5 Å². The lowest BCUT2D eigenvalue weighted by atomic mass is 10.1. The molecule has 114 valence electrons. The highest BCUT2D eigenvalue weighted by Crippen LogP contribution is 2.10. The van der Waals surface area contributed by atoms with Crippen molar-refractivity contribution in [3.8, 4) is 36.5 Å². The zero-order valence-electron chi connectivity index (χ0n) is 13.5. The first-order valence-electron chi connectivity index (χ1n) is 8.42. The SMILES string of the molecule is C#C/C=C\CCCC#CCCCCCCCCCCC#C. The second-order valence-electron chi connectivity index (χ2n) is 5.35. The van der Waals surface area contributed by atoms with Crippen LogP contribution in [-0.4, -0.2) is 0 Å². The Morgan fingerprint density at radius 1 is 0.619 bits per heavy atom. The van der Waals surface area contributed by atoms with Crippen LogP contribution in [0.1, 0.15) is 83.5 Å². The summed E-state index contributed by atoms with van der Waals surface area (Å²) in [6, 6.07) is 0. The van der Waals surface area contributed by atoms with E-state index in [-0.39, 0.29) is 0 Å². The Labute approximate surface area is 132 Å². The van der Waals surface area contributed by atoms with Crippen molar-refractivity contribution < 1.29 is 0 Å². The molecule has 0 aliphatic rings. The van der Waals surface area contributed by atoms with E-state index in [1.165, 1.54) is 51.4 Å². The fourth-order valence-corrected chi connectivity index (χ4v) is 2.14. The third kappa shape index (κ3) is 18.4. The van der Waals surface area contributed by atoms with E-state index < -0.39 is 0 Å². The molecule has 0 radical (unpaired) electrons. The van der Waals surface area contributed by atoms with Gasteiger partial charge < -0.3 is 0 Å². The van der Waals surface area contributed by atoms with Gasteiger partial charge in [0.15, 0.2) is 0 Å². The molecule has 0 aromatic carbocycles. The molecule has 0 saturated carbocycles. The molecular formula is C21H30. The van der Waals surface area contributed by atoms with Gasteiger partial charge in [0.2, 0.25) is 0 Å². The Morgan fingerprint density at radius 3 is 1.71 bits per heavy atom.